The summed E-state index contributed by atoms with van der Waals surface area (Å²) in [6.07, 6.45) is 0. The van der Waals surface area contributed by atoms with Gasteiger partial charge < -0.3 is 13.9 Å². The third-order valence-electron chi connectivity index (χ3n) is 11.7. The molecule has 0 unspecified atom stereocenters. The Morgan fingerprint density at radius 1 is 0.407 bits per heavy atom. The fourth-order valence-electron chi connectivity index (χ4n) is 9.09. The van der Waals surface area contributed by atoms with E-state index in [4.69, 9.17) is 4.42 Å². The van der Waals surface area contributed by atoms with Crippen LogP contribution in [0, 0.1) is 13.8 Å². The summed E-state index contributed by atoms with van der Waals surface area (Å²) in [5.74, 6) is 0. The van der Waals surface area contributed by atoms with Gasteiger partial charge in [-0.05, 0) is 120 Å². The van der Waals surface area contributed by atoms with E-state index < -0.39 is 0 Å². The molecule has 0 amide bonds. The van der Waals surface area contributed by atoms with Crippen LogP contribution in [0.3, 0.4) is 0 Å². The third-order valence-corrected chi connectivity index (χ3v) is 11.7. The number of benzene rings is 9. The lowest BCUT2D eigenvalue weighted by molar-refractivity contribution is 0.670. The lowest BCUT2D eigenvalue weighted by Gasteiger charge is -2.28. The second kappa shape index (κ2) is 14.1. The molecule has 0 saturated carbocycles. The lowest BCUT2D eigenvalue weighted by Crippen LogP contribution is -2.11. The molecule has 0 aliphatic heterocycles. The third kappa shape index (κ3) is 5.90. The Morgan fingerprint density at radius 3 is 1.68 bits per heavy atom. The SMILES string of the molecule is Cc1cccc(N(c2cc(C)c(-c3ccccc3)c(-c3ccccc3)c2)c2cc(-c3ccc(-n4c5ccccc5c5ccccc54)cc3)c3oc4ccccc4c3c2)c1. The van der Waals surface area contributed by atoms with Gasteiger partial charge >= 0.3 is 0 Å². The monoisotopic (exact) mass is 756 g/mol. The van der Waals surface area contributed by atoms with Gasteiger partial charge in [-0.3, -0.25) is 0 Å². The molecule has 0 spiro atoms. The summed E-state index contributed by atoms with van der Waals surface area (Å²) in [6.45, 7) is 4.40. The molecule has 9 aromatic carbocycles. The standard InChI is InChI=1S/C56H40N2O/c1-37-16-15-21-43(32-37)57(44-33-38(2)55(41-19-7-4-8-20-41)49(34-44)39-17-5-3-6-18-39)45-35-50(56-51(36-45)48-24-11-14-27-54(48)59-56)40-28-30-42(31-29-40)58-52-25-12-9-22-46(52)47-23-10-13-26-53(47)58/h3-36H,1-2H3. The maximum Gasteiger partial charge on any atom is 0.143 e. The number of hydrogen-bond donors (Lipinski definition) is 0. The molecular formula is C56H40N2O. The first-order valence-electron chi connectivity index (χ1n) is 20.3. The molecule has 0 saturated heterocycles. The van der Waals surface area contributed by atoms with E-state index in [1.165, 1.54) is 55.2 Å². The number of aromatic nitrogens is 1. The summed E-state index contributed by atoms with van der Waals surface area (Å²) in [7, 11) is 0. The van der Waals surface area contributed by atoms with E-state index >= 15 is 0 Å². The summed E-state index contributed by atoms with van der Waals surface area (Å²) in [5.41, 5.74) is 17.9. The van der Waals surface area contributed by atoms with Gasteiger partial charge in [0.1, 0.15) is 11.2 Å². The van der Waals surface area contributed by atoms with Crippen molar-refractivity contribution in [2.24, 2.45) is 0 Å². The van der Waals surface area contributed by atoms with Gasteiger partial charge in [-0.2, -0.15) is 0 Å². The van der Waals surface area contributed by atoms with Gasteiger partial charge in [0, 0.05) is 49.9 Å². The number of nitrogens with zero attached hydrogens (tertiary/aromatic N) is 2. The summed E-state index contributed by atoms with van der Waals surface area (Å²) < 4.78 is 9.13. The molecule has 0 aliphatic carbocycles. The van der Waals surface area contributed by atoms with Crippen molar-refractivity contribution in [3.63, 3.8) is 0 Å². The Hall–Kier alpha value is -7.62. The number of rotatable bonds is 7. The quantitative estimate of drug-likeness (QED) is 0.161. The normalized spacial score (nSPS) is 11.6. The smallest absolute Gasteiger partial charge is 0.143 e. The zero-order valence-corrected chi connectivity index (χ0v) is 32.9. The number of furan rings is 1. The molecule has 0 radical (unpaired) electrons. The topological polar surface area (TPSA) is 21.3 Å². The molecule has 0 aliphatic rings. The molecule has 59 heavy (non-hydrogen) atoms. The van der Waals surface area contributed by atoms with Crippen molar-refractivity contribution in [2.75, 3.05) is 4.90 Å². The fourth-order valence-corrected chi connectivity index (χ4v) is 9.09. The Kier molecular flexibility index (Phi) is 8.27. The van der Waals surface area contributed by atoms with Crippen LogP contribution < -0.4 is 4.90 Å². The average molecular weight is 757 g/mol. The van der Waals surface area contributed by atoms with Gasteiger partial charge in [0.25, 0.3) is 0 Å². The highest BCUT2D eigenvalue weighted by atomic mass is 16.3. The average Bonchev–Trinajstić information content (AvgIpc) is 3.83. The number of para-hydroxylation sites is 3. The fraction of sp³-hybridized carbons (Fsp3) is 0.0357. The second-order valence-corrected chi connectivity index (χ2v) is 15.5. The van der Waals surface area contributed by atoms with Crippen molar-refractivity contribution in [1.29, 1.82) is 0 Å². The number of anilines is 3. The van der Waals surface area contributed by atoms with E-state index in [1.807, 2.05) is 6.07 Å². The zero-order valence-electron chi connectivity index (χ0n) is 32.9. The van der Waals surface area contributed by atoms with Crippen molar-refractivity contribution in [1.82, 2.24) is 4.57 Å². The summed E-state index contributed by atoms with van der Waals surface area (Å²) in [4.78, 5) is 2.42. The Labute approximate surface area is 343 Å². The highest BCUT2D eigenvalue weighted by Crippen LogP contribution is 2.46. The van der Waals surface area contributed by atoms with Gasteiger partial charge in [-0.1, -0.05) is 140 Å². The van der Waals surface area contributed by atoms with E-state index in [9.17, 15) is 0 Å². The molecule has 11 rings (SSSR count). The van der Waals surface area contributed by atoms with Crippen molar-refractivity contribution in [3.05, 3.63) is 217 Å². The highest BCUT2D eigenvalue weighted by molar-refractivity contribution is 6.12. The number of aryl methyl sites for hydroxylation is 2. The van der Waals surface area contributed by atoms with Crippen molar-refractivity contribution in [3.8, 4) is 39.1 Å². The molecule has 3 heteroatoms. The molecule has 0 N–H and O–H groups in total. The molecule has 0 fully saturated rings. The molecule has 0 atom stereocenters. The molecular weight excluding hydrogens is 717 g/mol. The minimum atomic E-state index is 0.874. The molecule has 3 nitrogen and oxygen atoms in total. The van der Waals surface area contributed by atoms with Crippen LogP contribution in [0.15, 0.2) is 211 Å². The highest BCUT2D eigenvalue weighted by Gasteiger charge is 2.22. The Balaban J connectivity index is 1.14. The summed E-state index contributed by atoms with van der Waals surface area (Å²) in [5, 5.41) is 4.68. The van der Waals surface area contributed by atoms with Crippen LogP contribution in [0.4, 0.5) is 17.1 Å². The first-order valence-corrected chi connectivity index (χ1v) is 20.3. The number of fused-ring (bicyclic) bond motifs is 6. The van der Waals surface area contributed by atoms with E-state index in [0.717, 1.165) is 55.8 Å². The first kappa shape index (κ1) is 34.6. The first-order chi connectivity index (χ1) is 29.1. The van der Waals surface area contributed by atoms with E-state index in [-0.39, 0.29) is 0 Å². The van der Waals surface area contributed by atoms with Crippen LogP contribution in [0.5, 0.6) is 0 Å². The summed E-state index contributed by atoms with van der Waals surface area (Å²) in [6, 6.07) is 74.3. The van der Waals surface area contributed by atoms with E-state index in [2.05, 4.69) is 224 Å². The van der Waals surface area contributed by atoms with Crippen LogP contribution in [0.1, 0.15) is 11.1 Å². The predicted octanol–water partition coefficient (Wildman–Crippen LogP) is 15.8. The minimum Gasteiger partial charge on any atom is -0.455 e. The Bertz CT molecular complexity index is 3280. The van der Waals surface area contributed by atoms with Crippen LogP contribution in [0.2, 0.25) is 0 Å². The van der Waals surface area contributed by atoms with Crippen molar-refractivity contribution >= 4 is 60.8 Å². The molecule has 280 valence electrons. The second-order valence-electron chi connectivity index (χ2n) is 15.5. The van der Waals surface area contributed by atoms with Gasteiger partial charge in [-0.15, -0.1) is 0 Å². The van der Waals surface area contributed by atoms with Crippen molar-refractivity contribution < 1.29 is 4.42 Å². The van der Waals surface area contributed by atoms with E-state index in [0.29, 0.717) is 0 Å². The van der Waals surface area contributed by atoms with Crippen molar-refractivity contribution in [2.45, 2.75) is 13.8 Å². The molecule has 11 aromatic rings. The lowest BCUT2D eigenvalue weighted by atomic mass is 9.90. The zero-order chi connectivity index (χ0) is 39.5. The minimum absolute atomic E-state index is 0.874. The van der Waals surface area contributed by atoms with Crippen LogP contribution in [0.25, 0.3) is 82.8 Å². The molecule has 2 aromatic heterocycles. The maximum absolute atomic E-state index is 6.76. The Morgan fingerprint density at radius 2 is 0.983 bits per heavy atom. The van der Waals surface area contributed by atoms with Crippen LogP contribution >= 0.6 is 0 Å². The van der Waals surface area contributed by atoms with Gasteiger partial charge in [0.2, 0.25) is 0 Å². The van der Waals surface area contributed by atoms with Gasteiger partial charge in [0.05, 0.1) is 11.0 Å². The van der Waals surface area contributed by atoms with Gasteiger partial charge in [-0.25, -0.2) is 0 Å². The van der Waals surface area contributed by atoms with Gasteiger partial charge in [0.15, 0.2) is 0 Å². The molecule has 2 heterocycles. The van der Waals surface area contributed by atoms with Crippen LogP contribution in [-0.2, 0) is 0 Å². The largest absolute Gasteiger partial charge is 0.455 e. The summed E-state index contributed by atoms with van der Waals surface area (Å²) >= 11 is 0. The number of hydrogen-bond acceptors (Lipinski definition) is 2. The van der Waals surface area contributed by atoms with Crippen LogP contribution in [-0.4, -0.2) is 4.57 Å². The van der Waals surface area contributed by atoms with E-state index in [1.54, 1.807) is 0 Å². The predicted molar refractivity (Wildman–Crippen MR) is 249 cm³/mol. The maximum atomic E-state index is 6.76. The molecule has 0 bridgehead atoms.